The van der Waals surface area contributed by atoms with Crippen LogP contribution in [0, 0.1) is 0 Å². The normalized spacial score (nSPS) is 9.14. The van der Waals surface area contributed by atoms with Gasteiger partial charge in [-0.1, -0.05) is 24.3 Å². The molecule has 0 bridgehead atoms. The quantitative estimate of drug-likeness (QED) is 0.445. The summed E-state index contributed by atoms with van der Waals surface area (Å²) < 4.78 is 0. The van der Waals surface area contributed by atoms with E-state index in [0.29, 0.717) is 6.54 Å². The Morgan fingerprint density at radius 2 is 2.14 bits per heavy atom. The molecule has 0 atom stereocenters. The van der Waals surface area contributed by atoms with Gasteiger partial charge in [-0.25, -0.2) is 0 Å². The summed E-state index contributed by atoms with van der Waals surface area (Å²) in [6.45, 7) is 4.31. The van der Waals surface area contributed by atoms with Gasteiger partial charge in [-0.05, 0) is 24.4 Å². The second-order valence-electron chi connectivity index (χ2n) is 2.71. The molecule has 14 heavy (non-hydrogen) atoms. The van der Waals surface area contributed by atoms with E-state index in [1.54, 1.807) is 6.08 Å². The lowest BCUT2D eigenvalue weighted by molar-refractivity contribution is 0.830. The van der Waals surface area contributed by atoms with Crippen molar-refractivity contribution < 1.29 is 0 Å². The largest absolute Gasteiger partial charge is 0.375 e. The first-order chi connectivity index (χ1) is 6.74. The van der Waals surface area contributed by atoms with Crippen LogP contribution in [0.5, 0.6) is 0 Å². The van der Waals surface area contributed by atoms with Gasteiger partial charge in [0, 0.05) is 0 Å². The number of para-hydroxylation sites is 1. The Bertz CT molecular complexity index is 310. The molecule has 0 fully saturated rings. The summed E-state index contributed by atoms with van der Waals surface area (Å²) in [5.74, 6) is 0. The molecule has 1 aromatic carbocycles. The first kappa shape index (κ1) is 10.5. The highest BCUT2D eigenvalue weighted by atomic mass is 32.1. The van der Waals surface area contributed by atoms with Crippen molar-refractivity contribution in [3.63, 3.8) is 0 Å². The summed E-state index contributed by atoms with van der Waals surface area (Å²) in [7, 11) is 0. The van der Waals surface area contributed by atoms with Gasteiger partial charge in [0.25, 0.3) is 0 Å². The summed E-state index contributed by atoms with van der Waals surface area (Å²) in [5, 5.41) is 2.07. The summed E-state index contributed by atoms with van der Waals surface area (Å²) in [4.78, 5) is 0. The zero-order chi connectivity index (χ0) is 10.4. The molecule has 0 heterocycles. The van der Waals surface area contributed by atoms with Crippen molar-refractivity contribution in [2.24, 2.45) is 5.73 Å². The van der Waals surface area contributed by atoms with E-state index in [1.165, 1.54) is 0 Å². The number of nitrogens with one attached hydrogen (secondary N) is 1. The third-order valence-corrected chi connectivity index (χ3v) is 1.72. The Morgan fingerprint density at radius 3 is 2.64 bits per heavy atom. The van der Waals surface area contributed by atoms with Crippen molar-refractivity contribution in [2.45, 2.75) is 0 Å². The molecule has 0 saturated heterocycles. The van der Waals surface area contributed by atoms with Crippen LogP contribution < -0.4 is 16.2 Å². The fourth-order valence-electron chi connectivity index (χ4n) is 1.09. The Balaban J connectivity index is 2.77. The molecule has 0 saturated carbocycles. The predicted molar refractivity (Wildman–Crippen MR) is 63.9 cm³/mol. The summed E-state index contributed by atoms with van der Waals surface area (Å²) in [5.41, 5.74) is 9.27. The van der Waals surface area contributed by atoms with Gasteiger partial charge in [0.05, 0.1) is 12.2 Å². The lowest BCUT2D eigenvalue weighted by atomic mass is 10.3. The molecule has 0 aliphatic carbocycles. The fraction of sp³-hybridized carbons (Fsp3) is 0.100. The van der Waals surface area contributed by atoms with Crippen LogP contribution in [0.4, 0.5) is 5.69 Å². The van der Waals surface area contributed by atoms with Crippen molar-refractivity contribution in [1.82, 2.24) is 5.43 Å². The molecule has 0 radical (unpaired) electrons. The van der Waals surface area contributed by atoms with Crippen LogP contribution in [-0.4, -0.2) is 11.7 Å². The fourth-order valence-corrected chi connectivity index (χ4v) is 1.20. The molecule has 4 heteroatoms. The monoisotopic (exact) mass is 207 g/mol. The Hall–Kier alpha value is -1.55. The Morgan fingerprint density at radius 1 is 1.50 bits per heavy atom. The number of anilines is 1. The van der Waals surface area contributed by atoms with Gasteiger partial charge in [-0.2, -0.15) is 0 Å². The highest BCUT2D eigenvalue weighted by Crippen LogP contribution is 2.10. The minimum atomic E-state index is 0.246. The summed E-state index contributed by atoms with van der Waals surface area (Å²) >= 11 is 4.78. The minimum Gasteiger partial charge on any atom is -0.375 e. The van der Waals surface area contributed by atoms with E-state index in [9.17, 15) is 0 Å². The SMILES string of the molecule is C=CCN(NC(N)=S)c1ccccc1. The standard InChI is InChI=1S/C10H13N3S/c1-2-8-13(12-10(11)14)9-6-4-3-5-7-9/h2-7H,1,8H2,(H3,11,12,14). The minimum absolute atomic E-state index is 0.246. The molecule has 0 amide bonds. The van der Waals surface area contributed by atoms with E-state index < -0.39 is 0 Å². The van der Waals surface area contributed by atoms with E-state index in [0.717, 1.165) is 5.69 Å². The van der Waals surface area contributed by atoms with Crippen LogP contribution in [0.2, 0.25) is 0 Å². The van der Waals surface area contributed by atoms with Gasteiger partial charge in [-0.3, -0.25) is 10.4 Å². The van der Waals surface area contributed by atoms with Gasteiger partial charge in [0.15, 0.2) is 5.11 Å². The molecular weight excluding hydrogens is 194 g/mol. The Labute approximate surface area is 89.2 Å². The topological polar surface area (TPSA) is 41.3 Å². The highest BCUT2D eigenvalue weighted by Gasteiger charge is 2.02. The number of benzene rings is 1. The number of rotatable bonds is 4. The van der Waals surface area contributed by atoms with Gasteiger partial charge < -0.3 is 5.73 Å². The molecule has 1 rings (SSSR count). The third-order valence-electron chi connectivity index (χ3n) is 1.62. The second-order valence-corrected chi connectivity index (χ2v) is 3.15. The maximum absolute atomic E-state index is 5.41. The van der Waals surface area contributed by atoms with E-state index >= 15 is 0 Å². The van der Waals surface area contributed by atoms with Crippen molar-refractivity contribution in [2.75, 3.05) is 11.6 Å². The van der Waals surface area contributed by atoms with Crippen LogP contribution in [0.25, 0.3) is 0 Å². The van der Waals surface area contributed by atoms with Crippen LogP contribution in [0.3, 0.4) is 0 Å². The van der Waals surface area contributed by atoms with E-state index in [4.69, 9.17) is 18.0 Å². The second kappa shape index (κ2) is 5.24. The molecule has 3 nitrogen and oxygen atoms in total. The van der Waals surface area contributed by atoms with Crippen LogP contribution in [0.15, 0.2) is 43.0 Å². The molecule has 0 aliphatic heterocycles. The van der Waals surface area contributed by atoms with E-state index in [-0.39, 0.29) is 5.11 Å². The first-order valence-electron chi connectivity index (χ1n) is 4.23. The van der Waals surface area contributed by atoms with Crippen LogP contribution in [-0.2, 0) is 0 Å². The van der Waals surface area contributed by atoms with E-state index in [1.807, 2.05) is 35.3 Å². The molecule has 3 N–H and O–H groups in total. The number of nitrogens with zero attached hydrogens (tertiary/aromatic N) is 1. The highest BCUT2D eigenvalue weighted by molar-refractivity contribution is 7.80. The number of hydrazine groups is 1. The first-order valence-corrected chi connectivity index (χ1v) is 4.64. The molecule has 0 aliphatic rings. The van der Waals surface area contributed by atoms with Crippen molar-refractivity contribution >= 4 is 23.0 Å². The number of hydrogen-bond acceptors (Lipinski definition) is 2. The van der Waals surface area contributed by atoms with Crippen molar-refractivity contribution in [3.05, 3.63) is 43.0 Å². The molecule has 0 spiro atoms. The molecule has 0 unspecified atom stereocenters. The van der Waals surface area contributed by atoms with Crippen molar-refractivity contribution in [1.29, 1.82) is 0 Å². The van der Waals surface area contributed by atoms with E-state index in [2.05, 4.69) is 12.0 Å². The number of thiocarbonyl (C=S) groups is 1. The van der Waals surface area contributed by atoms with Gasteiger partial charge in [0.2, 0.25) is 0 Å². The smallest absolute Gasteiger partial charge is 0.182 e. The molecule has 0 aromatic heterocycles. The lowest BCUT2D eigenvalue weighted by Gasteiger charge is -2.23. The van der Waals surface area contributed by atoms with Gasteiger partial charge in [-0.15, -0.1) is 6.58 Å². The van der Waals surface area contributed by atoms with Crippen molar-refractivity contribution in [3.8, 4) is 0 Å². The zero-order valence-electron chi connectivity index (χ0n) is 7.81. The average Bonchev–Trinajstić information content (AvgIpc) is 2.18. The summed E-state index contributed by atoms with van der Waals surface area (Å²) in [6, 6.07) is 9.79. The molecule has 1 aromatic rings. The predicted octanol–water partition coefficient (Wildman–Crippen LogP) is 1.43. The number of hydrogen-bond donors (Lipinski definition) is 2. The molecular formula is C10H13N3S. The number of nitrogens with two attached hydrogens (primary N) is 1. The Kier molecular flexibility index (Phi) is 3.94. The summed E-state index contributed by atoms with van der Waals surface area (Å²) in [6.07, 6.45) is 1.78. The van der Waals surface area contributed by atoms with Crippen LogP contribution in [0.1, 0.15) is 0 Å². The van der Waals surface area contributed by atoms with Gasteiger partial charge in [0.1, 0.15) is 0 Å². The lowest BCUT2D eigenvalue weighted by Crippen LogP contribution is -2.45. The average molecular weight is 207 g/mol. The zero-order valence-corrected chi connectivity index (χ0v) is 8.63. The van der Waals surface area contributed by atoms with Crippen LogP contribution >= 0.6 is 12.2 Å². The maximum Gasteiger partial charge on any atom is 0.182 e. The van der Waals surface area contributed by atoms with Gasteiger partial charge >= 0.3 is 0 Å². The third kappa shape index (κ3) is 3.06. The maximum atomic E-state index is 5.41. The molecule has 74 valence electrons.